The summed E-state index contributed by atoms with van der Waals surface area (Å²) < 4.78 is 22.8. The van der Waals surface area contributed by atoms with E-state index in [2.05, 4.69) is 24.1 Å². The van der Waals surface area contributed by atoms with Crippen LogP contribution in [0.25, 0.3) is 0 Å². The third kappa shape index (κ3) is 6.16. The molecule has 0 aliphatic carbocycles. The molecule has 2 atom stereocenters. The molecule has 2 unspecified atom stereocenters. The Morgan fingerprint density at radius 2 is 2.00 bits per heavy atom. The van der Waals surface area contributed by atoms with Gasteiger partial charge in [-0.3, -0.25) is 4.90 Å². The monoisotopic (exact) mass is 276 g/mol. The Morgan fingerprint density at radius 1 is 1.33 bits per heavy atom. The van der Waals surface area contributed by atoms with Crippen molar-refractivity contribution < 1.29 is 8.42 Å². The van der Waals surface area contributed by atoms with Crippen LogP contribution in [0.5, 0.6) is 0 Å². The fourth-order valence-corrected chi connectivity index (χ4v) is 3.79. The molecule has 1 rings (SSSR count). The van der Waals surface area contributed by atoms with Crippen molar-refractivity contribution in [3.8, 4) is 0 Å². The lowest BCUT2D eigenvalue weighted by atomic mass is 10.0. The quantitative estimate of drug-likeness (QED) is 0.818. The molecular formula is C13H28N2O2S. The minimum Gasteiger partial charge on any atom is -0.313 e. The normalized spacial score (nSPS) is 25.1. The van der Waals surface area contributed by atoms with Gasteiger partial charge < -0.3 is 5.32 Å². The van der Waals surface area contributed by atoms with E-state index in [1.54, 1.807) is 0 Å². The highest BCUT2D eigenvalue weighted by molar-refractivity contribution is 7.90. The third-order valence-electron chi connectivity index (χ3n) is 3.43. The van der Waals surface area contributed by atoms with E-state index >= 15 is 0 Å². The summed E-state index contributed by atoms with van der Waals surface area (Å²) in [6.45, 7) is 9.50. The van der Waals surface area contributed by atoms with Gasteiger partial charge in [0.1, 0.15) is 9.84 Å². The lowest BCUT2D eigenvalue weighted by Gasteiger charge is -2.30. The maximum absolute atomic E-state index is 11.4. The minimum atomic E-state index is -2.89. The second-order valence-corrected chi connectivity index (χ2v) is 8.26. The van der Waals surface area contributed by atoms with Gasteiger partial charge in [-0.25, -0.2) is 8.42 Å². The van der Waals surface area contributed by atoms with E-state index < -0.39 is 9.84 Å². The van der Waals surface area contributed by atoms with Gasteiger partial charge in [0.05, 0.1) is 5.75 Å². The summed E-state index contributed by atoms with van der Waals surface area (Å²) in [4.78, 5) is 2.33. The summed E-state index contributed by atoms with van der Waals surface area (Å²) >= 11 is 0. The number of hydrogen-bond donors (Lipinski definition) is 1. The van der Waals surface area contributed by atoms with Gasteiger partial charge in [0.2, 0.25) is 0 Å². The number of hydrogen-bond acceptors (Lipinski definition) is 4. The number of nitrogens with zero attached hydrogens (tertiary/aromatic N) is 1. The maximum Gasteiger partial charge on any atom is 0.148 e. The highest BCUT2D eigenvalue weighted by Crippen LogP contribution is 2.12. The van der Waals surface area contributed by atoms with Crippen LogP contribution >= 0.6 is 0 Å². The summed E-state index contributed by atoms with van der Waals surface area (Å²) in [7, 11) is -2.89. The topological polar surface area (TPSA) is 49.4 Å². The summed E-state index contributed by atoms with van der Waals surface area (Å²) in [5, 5.41) is 3.57. The number of rotatable bonds is 5. The number of sulfone groups is 1. The van der Waals surface area contributed by atoms with E-state index in [0.29, 0.717) is 12.0 Å². The zero-order chi connectivity index (χ0) is 13.8. The van der Waals surface area contributed by atoms with Crippen molar-refractivity contribution in [2.45, 2.75) is 45.7 Å². The third-order valence-corrected chi connectivity index (χ3v) is 4.52. The van der Waals surface area contributed by atoms with Crippen LogP contribution in [0.2, 0.25) is 0 Å². The van der Waals surface area contributed by atoms with E-state index in [1.165, 1.54) is 6.26 Å². The van der Waals surface area contributed by atoms with E-state index in [1.807, 2.05) is 6.92 Å². The Kier molecular flexibility index (Phi) is 6.08. The summed E-state index contributed by atoms with van der Waals surface area (Å²) in [5.74, 6) is 0.939. The Hall–Kier alpha value is -0.130. The van der Waals surface area contributed by atoms with Crippen molar-refractivity contribution in [1.82, 2.24) is 10.2 Å². The fraction of sp³-hybridized carbons (Fsp3) is 1.00. The molecule has 0 aromatic carbocycles. The van der Waals surface area contributed by atoms with Gasteiger partial charge in [-0.05, 0) is 38.8 Å². The molecule has 18 heavy (non-hydrogen) atoms. The molecule has 108 valence electrons. The molecule has 1 saturated heterocycles. The predicted octanol–water partition coefficient (Wildman–Crippen LogP) is 1.13. The average molecular weight is 276 g/mol. The Morgan fingerprint density at radius 3 is 2.56 bits per heavy atom. The van der Waals surface area contributed by atoms with Crippen molar-refractivity contribution in [1.29, 1.82) is 0 Å². The van der Waals surface area contributed by atoms with Crippen LogP contribution in [0.3, 0.4) is 0 Å². The Balaban J connectivity index is 2.57. The van der Waals surface area contributed by atoms with E-state index in [-0.39, 0.29) is 11.8 Å². The van der Waals surface area contributed by atoms with Crippen LogP contribution in [-0.2, 0) is 9.84 Å². The van der Waals surface area contributed by atoms with E-state index in [9.17, 15) is 8.42 Å². The van der Waals surface area contributed by atoms with Crippen molar-refractivity contribution in [2.75, 3.05) is 31.6 Å². The summed E-state index contributed by atoms with van der Waals surface area (Å²) in [6.07, 6.45) is 3.58. The van der Waals surface area contributed by atoms with Gasteiger partial charge in [-0.15, -0.1) is 0 Å². The first-order chi connectivity index (χ1) is 8.28. The molecule has 0 radical (unpaired) electrons. The first-order valence-corrected chi connectivity index (χ1v) is 8.99. The van der Waals surface area contributed by atoms with Crippen LogP contribution in [0.4, 0.5) is 0 Å². The van der Waals surface area contributed by atoms with Gasteiger partial charge in [-0.2, -0.15) is 0 Å². The molecule has 5 heteroatoms. The molecule has 1 aliphatic heterocycles. The van der Waals surface area contributed by atoms with Gasteiger partial charge in [0.15, 0.2) is 0 Å². The van der Waals surface area contributed by atoms with E-state index in [0.717, 1.165) is 32.5 Å². The molecule has 1 aliphatic rings. The maximum atomic E-state index is 11.4. The van der Waals surface area contributed by atoms with Crippen LogP contribution in [0.1, 0.15) is 33.6 Å². The SMILES string of the molecule is CC(C)CC1CN(C(C)CS(C)(=O)=O)CCCN1. The van der Waals surface area contributed by atoms with Crippen LogP contribution in [-0.4, -0.2) is 57.0 Å². The highest BCUT2D eigenvalue weighted by atomic mass is 32.2. The predicted molar refractivity (Wildman–Crippen MR) is 76.6 cm³/mol. The fourth-order valence-electron chi connectivity index (χ4n) is 2.70. The first-order valence-electron chi connectivity index (χ1n) is 6.93. The molecule has 0 aromatic heterocycles. The molecule has 1 heterocycles. The smallest absolute Gasteiger partial charge is 0.148 e. The highest BCUT2D eigenvalue weighted by Gasteiger charge is 2.24. The zero-order valence-corrected chi connectivity index (χ0v) is 13.0. The average Bonchev–Trinajstić information content (AvgIpc) is 2.39. The van der Waals surface area contributed by atoms with Crippen molar-refractivity contribution in [3.63, 3.8) is 0 Å². The Labute approximate surface area is 112 Å². The second kappa shape index (κ2) is 6.87. The molecule has 0 spiro atoms. The Bertz CT molecular complexity index is 341. The molecule has 0 amide bonds. The number of nitrogens with one attached hydrogen (secondary N) is 1. The standard InChI is InChI=1S/C13H28N2O2S/c1-11(2)8-13-9-15(7-5-6-14-13)12(3)10-18(4,16)17/h11-14H,5-10H2,1-4H3. The lowest BCUT2D eigenvalue weighted by Crippen LogP contribution is -2.44. The van der Waals surface area contributed by atoms with Gasteiger partial charge >= 0.3 is 0 Å². The molecule has 4 nitrogen and oxygen atoms in total. The van der Waals surface area contributed by atoms with Crippen LogP contribution in [0, 0.1) is 5.92 Å². The van der Waals surface area contributed by atoms with Crippen LogP contribution in [0.15, 0.2) is 0 Å². The summed E-state index contributed by atoms with van der Waals surface area (Å²) in [5.41, 5.74) is 0. The minimum absolute atomic E-state index is 0.120. The molecule has 1 N–H and O–H groups in total. The molecule has 1 fully saturated rings. The zero-order valence-electron chi connectivity index (χ0n) is 12.1. The molecule has 0 saturated carbocycles. The lowest BCUT2D eigenvalue weighted by molar-refractivity contribution is 0.211. The van der Waals surface area contributed by atoms with Gasteiger partial charge in [-0.1, -0.05) is 13.8 Å². The largest absolute Gasteiger partial charge is 0.313 e. The summed E-state index contributed by atoms with van der Waals surface area (Å²) in [6, 6.07) is 0.615. The van der Waals surface area contributed by atoms with E-state index in [4.69, 9.17) is 0 Å². The van der Waals surface area contributed by atoms with Gasteiger partial charge in [0, 0.05) is 24.9 Å². The molecule has 0 aromatic rings. The first kappa shape index (κ1) is 15.9. The second-order valence-electron chi connectivity index (χ2n) is 6.07. The molecule has 0 bridgehead atoms. The van der Waals surface area contributed by atoms with Gasteiger partial charge in [0.25, 0.3) is 0 Å². The van der Waals surface area contributed by atoms with Crippen LogP contribution < -0.4 is 5.32 Å². The molecular weight excluding hydrogens is 248 g/mol. The van der Waals surface area contributed by atoms with Crippen molar-refractivity contribution in [2.24, 2.45) is 5.92 Å². The van der Waals surface area contributed by atoms with Crippen molar-refractivity contribution >= 4 is 9.84 Å². The van der Waals surface area contributed by atoms with Crippen molar-refractivity contribution in [3.05, 3.63) is 0 Å².